The third kappa shape index (κ3) is 5.39. The van der Waals surface area contributed by atoms with Crippen molar-refractivity contribution in [3.63, 3.8) is 0 Å². The molecule has 0 spiro atoms. The summed E-state index contributed by atoms with van der Waals surface area (Å²) < 4.78 is 5.88. The Balaban J connectivity index is 1.95. The van der Waals surface area contributed by atoms with Crippen molar-refractivity contribution in [2.24, 2.45) is 11.7 Å². The minimum Gasteiger partial charge on any atom is -0.457 e. The molecule has 1 amide bonds. The molecule has 2 aromatic rings. The molecule has 3 N–H and O–H groups in total. The third-order valence-electron chi connectivity index (χ3n) is 3.83. The summed E-state index contributed by atoms with van der Waals surface area (Å²) in [5.41, 5.74) is 8.04. The van der Waals surface area contributed by atoms with E-state index in [1.807, 2.05) is 13.0 Å². The molecule has 4 heteroatoms. The van der Waals surface area contributed by atoms with E-state index in [2.05, 4.69) is 31.3 Å². The van der Waals surface area contributed by atoms with Crippen LogP contribution in [-0.2, 0) is 6.54 Å². The summed E-state index contributed by atoms with van der Waals surface area (Å²) in [6.45, 7) is 8.38. The van der Waals surface area contributed by atoms with Crippen LogP contribution in [0.15, 0.2) is 42.5 Å². The number of primary amides is 1. The summed E-state index contributed by atoms with van der Waals surface area (Å²) in [4.78, 5) is 11.1. The molecule has 0 bridgehead atoms. The van der Waals surface area contributed by atoms with Gasteiger partial charge in [0.1, 0.15) is 11.5 Å². The molecule has 0 atom stereocenters. The van der Waals surface area contributed by atoms with Crippen LogP contribution in [0, 0.1) is 12.8 Å². The summed E-state index contributed by atoms with van der Waals surface area (Å²) in [7, 11) is 0. The average molecular weight is 326 g/mol. The van der Waals surface area contributed by atoms with E-state index in [0.717, 1.165) is 30.3 Å². The molecular weight excluding hydrogens is 300 g/mol. The number of hydrogen-bond acceptors (Lipinski definition) is 3. The summed E-state index contributed by atoms with van der Waals surface area (Å²) in [6.07, 6.45) is 1.18. The van der Waals surface area contributed by atoms with Gasteiger partial charge in [-0.2, -0.15) is 0 Å². The van der Waals surface area contributed by atoms with Gasteiger partial charge >= 0.3 is 0 Å². The number of carbonyl (C=O) groups excluding carboxylic acids is 1. The molecule has 0 heterocycles. The highest BCUT2D eigenvalue weighted by Crippen LogP contribution is 2.26. The Bertz CT molecular complexity index is 679. The van der Waals surface area contributed by atoms with Crippen LogP contribution >= 0.6 is 0 Å². The molecule has 0 aliphatic heterocycles. The van der Waals surface area contributed by atoms with Crippen LogP contribution in [0.2, 0.25) is 0 Å². The Morgan fingerprint density at radius 2 is 1.88 bits per heavy atom. The minimum atomic E-state index is -0.438. The second kappa shape index (κ2) is 8.50. The number of ether oxygens (including phenoxy) is 1. The van der Waals surface area contributed by atoms with E-state index in [4.69, 9.17) is 10.5 Å². The van der Waals surface area contributed by atoms with Gasteiger partial charge < -0.3 is 15.8 Å². The van der Waals surface area contributed by atoms with Gasteiger partial charge in [0.2, 0.25) is 5.91 Å². The number of nitrogens with two attached hydrogens (primary N) is 1. The fraction of sp³-hybridized carbons (Fsp3) is 0.350. The first kappa shape index (κ1) is 18.0. The highest BCUT2D eigenvalue weighted by molar-refractivity contribution is 5.92. The monoisotopic (exact) mass is 326 g/mol. The molecule has 2 rings (SSSR count). The third-order valence-corrected chi connectivity index (χ3v) is 3.83. The maximum Gasteiger partial charge on any atom is 0.248 e. The van der Waals surface area contributed by atoms with Crippen LogP contribution < -0.4 is 15.8 Å². The Kier molecular flexibility index (Phi) is 6.38. The molecule has 0 radical (unpaired) electrons. The number of aryl methyl sites for hydroxylation is 1. The Morgan fingerprint density at radius 3 is 2.46 bits per heavy atom. The predicted octanol–water partition coefficient (Wildman–Crippen LogP) is 4.02. The van der Waals surface area contributed by atoms with Crippen molar-refractivity contribution in [1.82, 2.24) is 5.32 Å². The lowest BCUT2D eigenvalue weighted by Gasteiger charge is -2.12. The molecule has 0 saturated heterocycles. The van der Waals surface area contributed by atoms with Gasteiger partial charge in [0.25, 0.3) is 0 Å². The number of rotatable bonds is 8. The molecule has 128 valence electrons. The summed E-state index contributed by atoms with van der Waals surface area (Å²) in [5, 5.41) is 3.46. The van der Waals surface area contributed by atoms with Crippen molar-refractivity contribution in [3.8, 4) is 11.5 Å². The topological polar surface area (TPSA) is 64.3 Å². The number of hydrogen-bond donors (Lipinski definition) is 2. The highest BCUT2D eigenvalue weighted by atomic mass is 16.5. The van der Waals surface area contributed by atoms with Gasteiger partial charge in [0.15, 0.2) is 0 Å². The molecule has 0 aliphatic rings. The number of carbonyl (C=O) groups is 1. The van der Waals surface area contributed by atoms with E-state index in [9.17, 15) is 4.79 Å². The predicted molar refractivity (Wildman–Crippen MR) is 97.4 cm³/mol. The molecule has 2 aromatic carbocycles. The lowest BCUT2D eigenvalue weighted by Crippen LogP contribution is -2.16. The normalized spacial score (nSPS) is 10.8. The maximum absolute atomic E-state index is 11.1. The first-order valence-electron chi connectivity index (χ1n) is 8.33. The zero-order chi connectivity index (χ0) is 17.5. The minimum absolute atomic E-state index is 0.438. The molecule has 0 saturated carbocycles. The lowest BCUT2D eigenvalue weighted by molar-refractivity contribution is 0.100. The summed E-state index contributed by atoms with van der Waals surface area (Å²) in [5.74, 6) is 1.78. The fourth-order valence-electron chi connectivity index (χ4n) is 2.37. The van der Waals surface area contributed by atoms with Crippen LogP contribution in [0.1, 0.15) is 41.8 Å². The zero-order valence-electron chi connectivity index (χ0n) is 14.6. The van der Waals surface area contributed by atoms with Gasteiger partial charge in [0.05, 0.1) is 0 Å². The molecule has 24 heavy (non-hydrogen) atoms. The zero-order valence-corrected chi connectivity index (χ0v) is 14.6. The highest BCUT2D eigenvalue weighted by Gasteiger charge is 2.05. The first-order valence-corrected chi connectivity index (χ1v) is 8.33. The summed E-state index contributed by atoms with van der Waals surface area (Å²) in [6, 6.07) is 13.0. The van der Waals surface area contributed by atoms with Crippen LogP contribution in [-0.4, -0.2) is 12.5 Å². The number of benzene rings is 2. The van der Waals surface area contributed by atoms with Crippen LogP contribution in [0.4, 0.5) is 0 Å². The number of nitrogens with one attached hydrogen (secondary N) is 1. The van der Waals surface area contributed by atoms with Crippen LogP contribution in [0.25, 0.3) is 0 Å². The fourth-order valence-corrected chi connectivity index (χ4v) is 2.37. The standard InChI is InChI=1S/C20H26N2O2/c1-14(2)10-11-22-13-16-4-9-19(15(3)12-16)24-18-7-5-17(6-8-18)20(21)23/h4-9,12,14,22H,10-11,13H2,1-3H3,(H2,21,23). The van der Waals surface area contributed by atoms with Gasteiger partial charge in [-0.25, -0.2) is 0 Å². The second-order valence-electron chi connectivity index (χ2n) is 6.45. The maximum atomic E-state index is 11.1. The molecule has 0 unspecified atom stereocenters. The van der Waals surface area contributed by atoms with Gasteiger partial charge in [-0.05, 0) is 67.3 Å². The van der Waals surface area contributed by atoms with Crippen LogP contribution in [0.3, 0.4) is 0 Å². The van der Waals surface area contributed by atoms with Crippen molar-refractivity contribution >= 4 is 5.91 Å². The Hall–Kier alpha value is -2.33. The van der Waals surface area contributed by atoms with Crippen molar-refractivity contribution in [1.29, 1.82) is 0 Å². The van der Waals surface area contributed by atoms with E-state index in [-0.39, 0.29) is 0 Å². The number of amides is 1. The molecule has 4 nitrogen and oxygen atoms in total. The average Bonchev–Trinajstić information content (AvgIpc) is 2.54. The van der Waals surface area contributed by atoms with E-state index < -0.39 is 5.91 Å². The largest absolute Gasteiger partial charge is 0.457 e. The molecular formula is C20H26N2O2. The van der Waals surface area contributed by atoms with Crippen molar-refractivity contribution in [3.05, 3.63) is 59.2 Å². The molecule has 0 aromatic heterocycles. The van der Waals surface area contributed by atoms with Crippen molar-refractivity contribution in [2.75, 3.05) is 6.54 Å². The van der Waals surface area contributed by atoms with Gasteiger partial charge in [-0.3, -0.25) is 4.79 Å². The summed E-state index contributed by atoms with van der Waals surface area (Å²) >= 11 is 0. The Morgan fingerprint density at radius 1 is 1.17 bits per heavy atom. The quantitative estimate of drug-likeness (QED) is 0.720. The molecule has 0 aliphatic carbocycles. The van der Waals surface area contributed by atoms with E-state index in [0.29, 0.717) is 11.3 Å². The van der Waals surface area contributed by atoms with Crippen LogP contribution in [0.5, 0.6) is 11.5 Å². The van der Waals surface area contributed by atoms with Crippen molar-refractivity contribution < 1.29 is 9.53 Å². The molecule has 0 fully saturated rings. The Labute approximate surface area is 144 Å². The van der Waals surface area contributed by atoms with Gasteiger partial charge in [-0.15, -0.1) is 0 Å². The lowest BCUT2D eigenvalue weighted by atomic mass is 10.1. The van der Waals surface area contributed by atoms with Crippen molar-refractivity contribution in [2.45, 2.75) is 33.7 Å². The first-order chi connectivity index (χ1) is 11.5. The second-order valence-corrected chi connectivity index (χ2v) is 6.45. The van der Waals surface area contributed by atoms with Gasteiger partial charge in [-0.1, -0.05) is 26.0 Å². The van der Waals surface area contributed by atoms with Gasteiger partial charge in [0, 0.05) is 12.1 Å². The van der Waals surface area contributed by atoms with E-state index >= 15 is 0 Å². The SMILES string of the molecule is Cc1cc(CNCCC(C)C)ccc1Oc1ccc(C(N)=O)cc1. The smallest absolute Gasteiger partial charge is 0.248 e. The van der Waals surface area contributed by atoms with E-state index in [1.165, 1.54) is 12.0 Å². The van der Waals surface area contributed by atoms with E-state index in [1.54, 1.807) is 24.3 Å².